The molecule has 3 heteroatoms. The second-order valence-corrected chi connectivity index (χ2v) is 3.12. The number of hydrogen-bond acceptors (Lipinski definition) is 2. The van der Waals surface area contributed by atoms with Gasteiger partial charge in [0.15, 0.2) is 0 Å². The van der Waals surface area contributed by atoms with Crippen LogP contribution in [-0.4, -0.2) is 18.5 Å². The van der Waals surface area contributed by atoms with E-state index in [0.29, 0.717) is 6.54 Å². The predicted octanol–water partition coefficient (Wildman–Crippen LogP) is 0.499. The van der Waals surface area contributed by atoms with Crippen LogP contribution in [-0.2, 0) is 4.79 Å². The van der Waals surface area contributed by atoms with E-state index in [9.17, 15) is 4.79 Å². The quantitative estimate of drug-likeness (QED) is 0.608. The molecule has 0 aromatic carbocycles. The van der Waals surface area contributed by atoms with Crippen molar-refractivity contribution < 1.29 is 4.79 Å². The van der Waals surface area contributed by atoms with Crippen molar-refractivity contribution >= 4 is 5.91 Å². The maximum Gasteiger partial charge on any atom is 0.225 e. The van der Waals surface area contributed by atoms with Crippen LogP contribution in [0.15, 0.2) is 0 Å². The number of carbonyl (C=O) groups excluding carboxylic acids is 1. The summed E-state index contributed by atoms with van der Waals surface area (Å²) in [6.45, 7) is 4.19. The zero-order chi connectivity index (χ0) is 10.3. The molecule has 74 valence electrons. The average Bonchev–Trinajstić information content (AvgIpc) is 2.13. The van der Waals surface area contributed by atoms with Crippen LogP contribution in [0.3, 0.4) is 0 Å². The lowest BCUT2D eigenvalue weighted by Gasteiger charge is -2.15. The zero-order valence-corrected chi connectivity index (χ0v) is 8.34. The van der Waals surface area contributed by atoms with Crippen LogP contribution in [0, 0.1) is 18.3 Å². The van der Waals surface area contributed by atoms with Crippen LogP contribution in [0.4, 0.5) is 0 Å². The van der Waals surface area contributed by atoms with Crippen molar-refractivity contribution in [1.29, 1.82) is 0 Å². The molecule has 2 atom stereocenters. The predicted molar refractivity (Wildman–Crippen MR) is 53.9 cm³/mol. The first-order valence-corrected chi connectivity index (χ1v) is 4.62. The molecular formula is C10H18N2O. The highest BCUT2D eigenvalue weighted by molar-refractivity contribution is 5.79. The highest BCUT2D eigenvalue weighted by Crippen LogP contribution is 2.04. The van der Waals surface area contributed by atoms with Gasteiger partial charge >= 0.3 is 0 Å². The van der Waals surface area contributed by atoms with Crippen molar-refractivity contribution in [1.82, 2.24) is 5.32 Å². The second kappa shape index (κ2) is 6.50. The Balaban J connectivity index is 3.99. The lowest BCUT2D eigenvalue weighted by Crippen LogP contribution is -2.39. The second-order valence-electron chi connectivity index (χ2n) is 3.12. The molecular weight excluding hydrogens is 164 g/mol. The van der Waals surface area contributed by atoms with Crippen molar-refractivity contribution in [2.24, 2.45) is 11.7 Å². The van der Waals surface area contributed by atoms with Gasteiger partial charge in [-0.2, -0.15) is 0 Å². The highest BCUT2D eigenvalue weighted by atomic mass is 16.1. The van der Waals surface area contributed by atoms with Gasteiger partial charge < -0.3 is 11.1 Å². The van der Waals surface area contributed by atoms with Crippen LogP contribution in [0.5, 0.6) is 0 Å². The Kier molecular flexibility index (Phi) is 5.99. The van der Waals surface area contributed by atoms with E-state index >= 15 is 0 Å². The van der Waals surface area contributed by atoms with Crippen LogP contribution in [0.25, 0.3) is 0 Å². The molecule has 0 fully saturated rings. The molecule has 0 aliphatic heterocycles. The van der Waals surface area contributed by atoms with E-state index in [-0.39, 0.29) is 17.9 Å². The van der Waals surface area contributed by atoms with Gasteiger partial charge in [0.1, 0.15) is 0 Å². The summed E-state index contributed by atoms with van der Waals surface area (Å²) in [5.41, 5.74) is 5.46. The number of nitrogens with one attached hydrogen (secondary N) is 1. The molecule has 0 radical (unpaired) electrons. The molecule has 0 aliphatic rings. The summed E-state index contributed by atoms with van der Waals surface area (Å²) in [6.07, 6.45) is 6.92. The minimum Gasteiger partial charge on any atom is -0.342 e. The first-order valence-electron chi connectivity index (χ1n) is 4.62. The molecule has 0 bridgehead atoms. The maximum absolute atomic E-state index is 11.4. The Morgan fingerprint density at radius 1 is 1.69 bits per heavy atom. The fraction of sp³-hybridized carbons (Fsp3) is 0.700. The third-order valence-electron chi connectivity index (χ3n) is 1.90. The molecule has 0 aromatic heterocycles. The van der Waals surface area contributed by atoms with Gasteiger partial charge in [0.05, 0.1) is 12.0 Å². The zero-order valence-electron chi connectivity index (χ0n) is 8.34. The minimum atomic E-state index is -0.210. The number of hydrogen-bond donors (Lipinski definition) is 2. The third-order valence-corrected chi connectivity index (χ3v) is 1.90. The number of terminal acetylenes is 1. The van der Waals surface area contributed by atoms with Gasteiger partial charge in [0.2, 0.25) is 5.91 Å². The van der Waals surface area contributed by atoms with Crippen molar-refractivity contribution in [3.8, 4) is 12.3 Å². The molecule has 0 aliphatic carbocycles. The van der Waals surface area contributed by atoms with Crippen LogP contribution in [0.2, 0.25) is 0 Å². The van der Waals surface area contributed by atoms with Gasteiger partial charge in [-0.3, -0.25) is 4.79 Å². The number of rotatable bonds is 5. The Hall–Kier alpha value is -1.01. The summed E-state index contributed by atoms with van der Waals surface area (Å²) >= 11 is 0. The van der Waals surface area contributed by atoms with Crippen molar-refractivity contribution in [3.63, 3.8) is 0 Å². The van der Waals surface area contributed by atoms with Crippen molar-refractivity contribution in [2.75, 3.05) is 6.54 Å². The number of carbonyl (C=O) groups is 1. The van der Waals surface area contributed by atoms with Gasteiger partial charge in [-0.25, -0.2) is 0 Å². The van der Waals surface area contributed by atoms with Gasteiger partial charge in [0, 0.05) is 6.54 Å². The molecule has 0 aromatic rings. The monoisotopic (exact) mass is 182 g/mol. The van der Waals surface area contributed by atoms with Crippen LogP contribution >= 0.6 is 0 Å². The molecule has 0 saturated carbocycles. The Labute approximate surface area is 80.1 Å². The summed E-state index contributed by atoms with van der Waals surface area (Å²) in [5, 5.41) is 2.71. The normalized spacial score (nSPS) is 14.3. The first-order chi connectivity index (χ1) is 6.15. The van der Waals surface area contributed by atoms with E-state index in [1.807, 2.05) is 6.92 Å². The largest absolute Gasteiger partial charge is 0.342 e. The summed E-state index contributed by atoms with van der Waals surface area (Å²) in [4.78, 5) is 11.4. The number of nitrogens with two attached hydrogens (primary N) is 1. The Morgan fingerprint density at radius 2 is 2.31 bits per heavy atom. The smallest absolute Gasteiger partial charge is 0.225 e. The lowest BCUT2D eigenvalue weighted by atomic mass is 10.0. The van der Waals surface area contributed by atoms with Crippen LogP contribution < -0.4 is 11.1 Å². The minimum absolute atomic E-state index is 0.0326. The average molecular weight is 182 g/mol. The summed E-state index contributed by atoms with van der Waals surface area (Å²) in [6, 6.07) is -0.210. The molecule has 2 unspecified atom stereocenters. The van der Waals surface area contributed by atoms with Crippen molar-refractivity contribution in [2.45, 2.75) is 32.7 Å². The van der Waals surface area contributed by atoms with E-state index in [4.69, 9.17) is 12.2 Å². The van der Waals surface area contributed by atoms with E-state index in [1.165, 1.54) is 0 Å². The van der Waals surface area contributed by atoms with Crippen LogP contribution in [0.1, 0.15) is 26.7 Å². The van der Waals surface area contributed by atoms with Gasteiger partial charge in [-0.05, 0) is 13.3 Å². The summed E-state index contributed by atoms with van der Waals surface area (Å²) < 4.78 is 0. The fourth-order valence-electron chi connectivity index (χ4n) is 1.08. The molecule has 13 heavy (non-hydrogen) atoms. The first kappa shape index (κ1) is 12.0. The fourth-order valence-corrected chi connectivity index (χ4v) is 1.08. The van der Waals surface area contributed by atoms with Gasteiger partial charge in [-0.1, -0.05) is 19.3 Å². The third kappa shape index (κ3) is 4.54. The topological polar surface area (TPSA) is 55.1 Å². The standard InChI is InChI=1S/C10H18N2O/c1-4-6-9(7-11)10(13)12-8(3)5-2/h2,8-9H,4,6-7,11H2,1,3H3,(H,12,13). The Bertz CT molecular complexity index is 196. The maximum atomic E-state index is 11.4. The molecule has 0 heterocycles. The van der Waals surface area contributed by atoms with Gasteiger partial charge in [0.25, 0.3) is 0 Å². The molecule has 1 amide bonds. The number of amides is 1. The van der Waals surface area contributed by atoms with E-state index < -0.39 is 0 Å². The van der Waals surface area contributed by atoms with E-state index in [0.717, 1.165) is 12.8 Å². The SMILES string of the molecule is C#CC(C)NC(=O)C(CN)CCC. The molecule has 3 nitrogen and oxygen atoms in total. The molecule has 0 saturated heterocycles. The molecule has 3 N–H and O–H groups in total. The van der Waals surface area contributed by atoms with E-state index in [1.54, 1.807) is 6.92 Å². The molecule has 0 spiro atoms. The van der Waals surface area contributed by atoms with Gasteiger partial charge in [-0.15, -0.1) is 6.42 Å². The lowest BCUT2D eigenvalue weighted by molar-refractivity contribution is -0.125. The highest BCUT2D eigenvalue weighted by Gasteiger charge is 2.16. The molecule has 0 rings (SSSR count). The van der Waals surface area contributed by atoms with Crippen molar-refractivity contribution in [3.05, 3.63) is 0 Å². The van der Waals surface area contributed by atoms with E-state index in [2.05, 4.69) is 11.2 Å². The Morgan fingerprint density at radius 3 is 2.69 bits per heavy atom. The summed E-state index contributed by atoms with van der Waals surface area (Å²) in [5.74, 6) is 2.32. The summed E-state index contributed by atoms with van der Waals surface area (Å²) in [7, 11) is 0.